The molecule has 1 aromatic heterocycles. The number of fused-ring (bicyclic) bond motifs is 1. The molecule has 0 bridgehead atoms. The normalized spacial score (nSPS) is 11.3. The first kappa shape index (κ1) is 15.3. The van der Waals surface area contributed by atoms with Gasteiger partial charge in [0.1, 0.15) is 0 Å². The maximum absolute atomic E-state index is 11.3. The van der Waals surface area contributed by atoms with Gasteiger partial charge in [-0.2, -0.15) is 0 Å². The zero-order valence-electron chi connectivity index (χ0n) is 13.7. The summed E-state index contributed by atoms with van der Waals surface area (Å²) in [5, 5.41) is 10.3. The van der Waals surface area contributed by atoms with Crippen LogP contribution in [0.1, 0.15) is 36.5 Å². The average molecular weight is 307 g/mol. The van der Waals surface area contributed by atoms with Crippen LogP contribution in [0.25, 0.3) is 22.2 Å². The molecule has 0 saturated heterocycles. The maximum Gasteiger partial charge on any atom is 0.307 e. The van der Waals surface area contributed by atoms with Gasteiger partial charge in [0.05, 0.1) is 12.1 Å². The van der Waals surface area contributed by atoms with Crippen molar-refractivity contribution in [3.8, 4) is 11.3 Å². The number of rotatable bonds is 4. The quantitative estimate of drug-likeness (QED) is 0.720. The third kappa shape index (κ3) is 2.87. The van der Waals surface area contributed by atoms with Crippen LogP contribution in [0.15, 0.2) is 42.5 Å². The molecule has 2 N–H and O–H groups in total. The highest BCUT2D eigenvalue weighted by atomic mass is 16.4. The molecule has 0 aliphatic carbocycles. The van der Waals surface area contributed by atoms with E-state index in [1.807, 2.05) is 25.1 Å². The van der Waals surface area contributed by atoms with Crippen LogP contribution in [0.4, 0.5) is 0 Å². The maximum atomic E-state index is 11.3. The summed E-state index contributed by atoms with van der Waals surface area (Å²) in [7, 11) is 0. The lowest BCUT2D eigenvalue weighted by molar-refractivity contribution is -0.136. The monoisotopic (exact) mass is 307 g/mol. The van der Waals surface area contributed by atoms with Crippen molar-refractivity contribution < 1.29 is 9.90 Å². The predicted molar refractivity (Wildman–Crippen MR) is 93.9 cm³/mol. The van der Waals surface area contributed by atoms with Gasteiger partial charge in [0.2, 0.25) is 0 Å². The van der Waals surface area contributed by atoms with Crippen molar-refractivity contribution in [1.29, 1.82) is 0 Å². The Morgan fingerprint density at radius 2 is 1.83 bits per heavy atom. The highest BCUT2D eigenvalue weighted by Crippen LogP contribution is 2.33. The predicted octanol–water partition coefficient (Wildman–Crippen LogP) is 4.89. The first-order valence-corrected chi connectivity index (χ1v) is 7.89. The Balaban J connectivity index is 2.19. The Kier molecular flexibility index (Phi) is 3.95. The molecule has 3 rings (SSSR count). The molecule has 0 unspecified atom stereocenters. The standard InChI is InChI=1S/C20H21NO2/c1-12(2)14-7-9-15(10-8-14)20-17(11-18(22)23)16-6-4-5-13(3)19(16)21-20/h4-10,12,21H,11H2,1-3H3,(H,22,23). The second-order valence-corrected chi connectivity index (χ2v) is 6.32. The van der Waals surface area contributed by atoms with E-state index in [2.05, 4.69) is 43.1 Å². The van der Waals surface area contributed by atoms with Crippen molar-refractivity contribution in [2.24, 2.45) is 0 Å². The van der Waals surface area contributed by atoms with E-state index in [0.29, 0.717) is 5.92 Å². The number of aliphatic carboxylic acids is 1. The fraction of sp³-hybridized carbons (Fsp3) is 0.250. The lowest BCUT2D eigenvalue weighted by Crippen LogP contribution is -2.01. The first-order chi connectivity index (χ1) is 11.0. The number of carbonyl (C=O) groups is 1. The number of carboxylic acid groups (broad SMARTS) is 1. The van der Waals surface area contributed by atoms with E-state index >= 15 is 0 Å². The van der Waals surface area contributed by atoms with Gasteiger partial charge in [-0.25, -0.2) is 0 Å². The minimum absolute atomic E-state index is 0.0186. The largest absolute Gasteiger partial charge is 0.481 e. The van der Waals surface area contributed by atoms with E-state index < -0.39 is 5.97 Å². The lowest BCUT2D eigenvalue weighted by atomic mass is 9.98. The molecule has 3 aromatic rings. The van der Waals surface area contributed by atoms with E-state index in [9.17, 15) is 9.90 Å². The van der Waals surface area contributed by atoms with Crippen LogP contribution in [-0.4, -0.2) is 16.1 Å². The molecule has 2 aromatic carbocycles. The van der Waals surface area contributed by atoms with Crippen LogP contribution in [0, 0.1) is 6.92 Å². The Bertz CT molecular complexity index is 857. The fourth-order valence-corrected chi connectivity index (χ4v) is 3.04. The zero-order chi connectivity index (χ0) is 16.6. The van der Waals surface area contributed by atoms with Gasteiger partial charge in [-0.05, 0) is 35.1 Å². The van der Waals surface area contributed by atoms with Gasteiger partial charge in [-0.3, -0.25) is 4.79 Å². The van der Waals surface area contributed by atoms with Gasteiger partial charge in [-0.1, -0.05) is 56.3 Å². The van der Waals surface area contributed by atoms with E-state index in [1.165, 1.54) is 5.56 Å². The number of aromatic amines is 1. The number of hydrogen-bond acceptors (Lipinski definition) is 1. The number of carboxylic acids is 1. The van der Waals surface area contributed by atoms with Crippen molar-refractivity contribution in [1.82, 2.24) is 4.98 Å². The van der Waals surface area contributed by atoms with Gasteiger partial charge in [0.25, 0.3) is 0 Å². The molecular weight excluding hydrogens is 286 g/mol. The first-order valence-electron chi connectivity index (χ1n) is 7.89. The molecule has 0 radical (unpaired) electrons. The van der Waals surface area contributed by atoms with E-state index in [1.54, 1.807) is 0 Å². The molecule has 0 aliphatic heterocycles. The molecule has 23 heavy (non-hydrogen) atoms. The van der Waals surface area contributed by atoms with Gasteiger partial charge in [0, 0.05) is 10.9 Å². The van der Waals surface area contributed by atoms with Crippen LogP contribution in [-0.2, 0) is 11.2 Å². The molecule has 0 fully saturated rings. The number of aromatic nitrogens is 1. The molecule has 0 atom stereocenters. The van der Waals surface area contributed by atoms with Gasteiger partial charge >= 0.3 is 5.97 Å². The van der Waals surface area contributed by atoms with Crippen LogP contribution in [0.5, 0.6) is 0 Å². The Hall–Kier alpha value is -2.55. The number of H-pyrrole nitrogens is 1. The molecular formula is C20H21NO2. The van der Waals surface area contributed by atoms with E-state index in [4.69, 9.17) is 0 Å². The highest BCUT2D eigenvalue weighted by molar-refractivity contribution is 5.95. The molecule has 0 spiro atoms. The van der Waals surface area contributed by atoms with Crippen molar-refractivity contribution in [3.05, 3.63) is 59.2 Å². The van der Waals surface area contributed by atoms with Crippen LogP contribution in [0.3, 0.4) is 0 Å². The van der Waals surface area contributed by atoms with Gasteiger partial charge in [0.15, 0.2) is 0 Å². The summed E-state index contributed by atoms with van der Waals surface area (Å²) in [6.45, 7) is 6.36. The van der Waals surface area contributed by atoms with E-state index in [-0.39, 0.29) is 6.42 Å². The fourth-order valence-electron chi connectivity index (χ4n) is 3.04. The Morgan fingerprint density at radius 1 is 1.13 bits per heavy atom. The van der Waals surface area contributed by atoms with Gasteiger partial charge < -0.3 is 10.1 Å². The topological polar surface area (TPSA) is 53.1 Å². The Labute approximate surface area is 136 Å². The molecule has 1 heterocycles. The summed E-state index contributed by atoms with van der Waals surface area (Å²) in [5.41, 5.74) is 6.22. The minimum Gasteiger partial charge on any atom is -0.481 e. The third-order valence-corrected chi connectivity index (χ3v) is 4.34. The second kappa shape index (κ2) is 5.92. The SMILES string of the molecule is Cc1cccc2c(CC(=O)O)c(-c3ccc(C(C)C)cc3)[nH]c12. The van der Waals surface area contributed by atoms with Crippen LogP contribution in [0.2, 0.25) is 0 Å². The summed E-state index contributed by atoms with van der Waals surface area (Å²) < 4.78 is 0. The Morgan fingerprint density at radius 3 is 2.43 bits per heavy atom. The number of para-hydroxylation sites is 1. The molecule has 118 valence electrons. The number of aryl methyl sites for hydroxylation is 1. The smallest absolute Gasteiger partial charge is 0.307 e. The molecule has 0 saturated carbocycles. The average Bonchev–Trinajstić information content (AvgIpc) is 2.87. The molecule has 0 amide bonds. The summed E-state index contributed by atoms with van der Waals surface area (Å²) in [4.78, 5) is 14.7. The lowest BCUT2D eigenvalue weighted by Gasteiger charge is -2.07. The van der Waals surface area contributed by atoms with Gasteiger partial charge in [-0.15, -0.1) is 0 Å². The summed E-state index contributed by atoms with van der Waals surface area (Å²) in [6, 6.07) is 14.4. The zero-order valence-corrected chi connectivity index (χ0v) is 13.7. The minimum atomic E-state index is -0.813. The number of nitrogens with one attached hydrogen (secondary N) is 1. The van der Waals surface area contributed by atoms with Crippen molar-refractivity contribution in [3.63, 3.8) is 0 Å². The van der Waals surface area contributed by atoms with Crippen molar-refractivity contribution in [2.75, 3.05) is 0 Å². The molecule has 0 aliphatic rings. The number of benzene rings is 2. The molecule has 3 nitrogen and oxygen atoms in total. The van der Waals surface area contributed by atoms with Crippen molar-refractivity contribution >= 4 is 16.9 Å². The van der Waals surface area contributed by atoms with Crippen molar-refractivity contribution in [2.45, 2.75) is 33.1 Å². The summed E-state index contributed by atoms with van der Waals surface area (Å²) in [6.07, 6.45) is 0.0186. The summed E-state index contributed by atoms with van der Waals surface area (Å²) >= 11 is 0. The van der Waals surface area contributed by atoms with Crippen LogP contribution < -0.4 is 0 Å². The third-order valence-electron chi connectivity index (χ3n) is 4.34. The summed E-state index contributed by atoms with van der Waals surface area (Å²) in [5.74, 6) is -0.333. The second-order valence-electron chi connectivity index (χ2n) is 6.32. The highest BCUT2D eigenvalue weighted by Gasteiger charge is 2.16. The van der Waals surface area contributed by atoms with Crippen LogP contribution >= 0.6 is 0 Å². The van der Waals surface area contributed by atoms with E-state index in [0.717, 1.165) is 33.3 Å². The molecule has 3 heteroatoms. The number of hydrogen-bond donors (Lipinski definition) is 2.